The molecule has 25 heavy (non-hydrogen) atoms. The molecule has 0 spiro atoms. The van der Waals surface area contributed by atoms with Gasteiger partial charge in [0.25, 0.3) is 5.56 Å². The Morgan fingerprint density at radius 2 is 2.12 bits per heavy atom. The van der Waals surface area contributed by atoms with Crippen molar-refractivity contribution in [3.63, 3.8) is 0 Å². The molecule has 1 aromatic heterocycles. The van der Waals surface area contributed by atoms with Crippen LogP contribution in [0.1, 0.15) is 24.6 Å². The van der Waals surface area contributed by atoms with Crippen molar-refractivity contribution in [1.82, 2.24) is 9.55 Å². The Labute approximate surface area is 155 Å². The normalized spacial score (nSPS) is 14.2. The molecule has 0 radical (unpaired) electrons. The third-order valence-corrected chi connectivity index (χ3v) is 6.44. The summed E-state index contributed by atoms with van der Waals surface area (Å²) < 4.78 is 6.50. The van der Waals surface area contributed by atoms with Gasteiger partial charge in [-0.15, -0.1) is 11.8 Å². The number of carbonyl (C=O) groups excluding carboxylic acids is 1. The second-order valence-corrected chi connectivity index (χ2v) is 8.06. The molecule has 3 rings (SSSR count). The monoisotopic (exact) mass is 376 g/mol. The van der Waals surface area contributed by atoms with Crippen LogP contribution in [-0.4, -0.2) is 33.6 Å². The molecular formula is C18H20N2O3S2. The number of methoxy groups -OCH3 is 1. The molecule has 132 valence electrons. The standard InChI is InChI=1S/C18H20N2O3S2/c1-4-14(17(22)23-3)25-18-19-13-9-10-24-15(13)16(21)20(18)12-7-5-11(2)6-8-12/h5-8,14H,4,9-10H2,1-3H3/t14-/m1/s1. The minimum atomic E-state index is -0.388. The summed E-state index contributed by atoms with van der Waals surface area (Å²) in [5.41, 5.74) is 2.66. The average molecular weight is 377 g/mol. The minimum Gasteiger partial charge on any atom is -0.468 e. The number of nitrogens with zero attached hydrogens (tertiary/aromatic N) is 2. The van der Waals surface area contributed by atoms with Crippen molar-refractivity contribution in [3.8, 4) is 5.69 Å². The maximum absolute atomic E-state index is 13.0. The SMILES string of the molecule is CC[C@@H](Sc1nc2c(c(=O)n1-c1ccc(C)cc1)SCC2)C(=O)OC. The van der Waals surface area contributed by atoms with Gasteiger partial charge in [-0.2, -0.15) is 0 Å². The van der Waals surface area contributed by atoms with E-state index in [4.69, 9.17) is 9.72 Å². The van der Waals surface area contributed by atoms with Gasteiger partial charge in [-0.1, -0.05) is 36.4 Å². The lowest BCUT2D eigenvalue weighted by molar-refractivity contribution is -0.140. The van der Waals surface area contributed by atoms with E-state index in [0.29, 0.717) is 11.6 Å². The Morgan fingerprint density at radius 1 is 1.40 bits per heavy atom. The Bertz CT molecular complexity index is 847. The van der Waals surface area contributed by atoms with E-state index in [2.05, 4.69) is 0 Å². The van der Waals surface area contributed by atoms with Crippen molar-refractivity contribution in [2.45, 2.75) is 42.0 Å². The van der Waals surface area contributed by atoms with Crippen LogP contribution in [0.2, 0.25) is 0 Å². The van der Waals surface area contributed by atoms with Gasteiger partial charge in [-0.3, -0.25) is 14.2 Å². The van der Waals surface area contributed by atoms with Gasteiger partial charge in [0.1, 0.15) is 5.25 Å². The number of hydrogen-bond donors (Lipinski definition) is 0. The van der Waals surface area contributed by atoms with Gasteiger partial charge in [0.15, 0.2) is 5.16 Å². The maximum Gasteiger partial charge on any atom is 0.319 e. The molecule has 0 saturated heterocycles. The second kappa shape index (κ2) is 7.66. The fourth-order valence-electron chi connectivity index (χ4n) is 2.65. The number of carbonyl (C=O) groups is 1. The van der Waals surface area contributed by atoms with Crippen LogP contribution in [-0.2, 0) is 16.0 Å². The highest BCUT2D eigenvalue weighted by Gasteiger charge is 2.26. The Balaban J connectivity index is 2.13. The fourth-order valence-corrected chi connectivity index (χ4v) is 4.75. The zero-order valence-electron chi connectivity index (χ0n) is 14.4. The van der Waals surface area contributed by atoms with Crippen LogP contribution in [0.4, 0.5) is 0 Å². The first-order valence-corrected chi connectivity index (χ1v) is 10.0. The van der Waals surface area contributed by atoms with Gasteiger partial charge in [0, 0.05) is 12.2 Å². The smallest absolute Gasteiger partial charge is 0.319 e. The minimum absolute atomic E-state index is 0.0569. The van der Waals surface area contributed by atoms with Gasteiger partial charge in [-0.25, -0.2) is 4.98 Å². The summed E-state index contributed by atoms with van der Waals surface area (Å²) in [5, 5.41) is 0.160. The van der Waals surface area contributed by atoms with Crippen molar-refractivity contribution in [3.05, 3.63) is 45.9 Å². The van der Waals surface area contributed by atoms with Gasteiger partial charge in [-0.05, 0) is 25.5 Å². The Hall–Kier alpha value is -1.73. The highest BCUT2D eigenvalue weighted by atomic mass is 32.2. The number of ether oxygens (including phenoxy) is 1. The van der Waals surface area contributed by atoms with E-state index < -0.39 is 0 Å². The van der Waals surface area contributed by atoms with Crippen LogP contribution in [0.15, 0.2) is 39.1 Å². The van der Waals surface area contributed by atoms with E-state index in [1.54, 1.807) is 16.3 Å². The molecule has 2 aromatic rings. The predicted octanol–water partition coefficient (Wildman–Crippen LogP) is 3.23. The molecule has 1 aliphatic rings. The lowest BCUT2D eigenvalue weighted by Gasteiger charge is -2.17. The lowest BCUT2D eigenvalue weighted by Crippen LogP contribution is -2.26. The predicted molar refractivity (Wildman–Crippen MR) is 101 cm³/mol. The van der Waals surface area contributed by atoms with Gasteiger partial charge in [0.05, 0.1) is 23.4 Å². The molecule has 1 aliphatic heterocycles. The van der Waals surface area contributed by atoms with E-state index in [9.17, 15) is 9.59 Å². The lowest BCUT2D eigenvalue weighted by atomic mass is 10.2. The average Bonchev–Trinajstić information content (AvgIpc) is 3.09. The number of aryl methyl sites for hydroxylation is 2. The number of thioether (sulfide) groups is 2. The Morgan fingerprint density at radius 3 is 2.76 bits per heavy atom. The molecular weight excluding hydrogens is 356 g/mol. The first-order valence-electron chi connectivity index (χ1n) is 8.15. The van der Waals surface area contributed by atoms with Crippen LogP contribution in [0.25, 0.3) is 5.69 Å². The molecule has 0 amide bonds. The molecule has 0 saturated carbocycles. The zero-order valence-corrected chi connectivity index (χ0v) is 16.1. The number of hydrogen-bond acceptors (Lipinski definition) is 6. The van der Waals surface area contributed by atoms with Crippen molar-refractivity contribution in [2.75, 3.05) is 12.9 Å². The first-order chi connectivity index (χ1) is 12.0. The molecule has 1 atom stereocenters. The van der Waals surface area contributed by atoms with Crippen molar-refractivity contribution in [1.29, 1.82) is 0 Å². The van der Waals surface area contributed by atoms with Crippen LogP contribution in [0.3, 0.4) is 0 Å². The van der Waals surface area contributed by atoms with Gasteiger partial charge >= 0.3 is 5.97 Å². The van der Waals surface area contributed by atoms with E-state index in [1.165, 1.54) is 18.9 Å². The number of fused-ring (bicyclic) bond motifs is 1. The third kappa shape index (κ3) is 3.62. The molecule has 0 unspecified atom stereocenters. The van der Waals surface area contributed by atoms with Gasteiger partial charge < -0.3 is 4.74 Å². The molecule has 0 fully saturated rings. The van der Waals surface area contributed by atoms with E-state index in [0.717, 1.165) is 34.0 Å². The summed E-state index contributed by atoms with van der Waals surface area (Å²) >= 11 is 2.85. The first kappa shape index (κ1) is 18.1. The summed E-state index contributed by atoms with van der Waals surface area (Å²) in [6, 6.07) is 7.75. The van der Waals surface area contributed by atoms with E-state index >= 15 is 0 Å². The van der Waals surface area contributed by atoms with Crippen LogP contribution in [0, 0.1) is 6.92 Å². The summed E-state index contributed by atoms with van der Waals surface area (Å²) in [4.78, 5) is 30.5. The summed E-state index contributed by atoms with van der Waals surface area (Å²) in [6.45, 7) is 3.93. The third-order valence-electron chi connectivity index (χ3n) is 4.04. The second-order valence-electron chi connectivity index (χ2n) is 5.78. The quantitative estimate of drug-likeness (QED) is 0.454. The molecule has 0 aliphatic carbocycles. The fraction of sp³-hybridized carbons (Fsp3) is 0.389. The summed E-state index contributed by atoms with van der Waals surface area (Å²) in [5.74, 6) is 0.570. The van der Waals surface area contributed by atoms with Crippen molar-refractivity contribution in [2.24, 2.45) is 0 Å². The van der Waals surface area contributed by atoms with Crippen molar-refractivity contribution < 1.29 is 9.53 Å². The molecule has 1 aromatic carbocycles. The maximum atomic E-state index is 13.0. The molecule has 0 N–H and O–H groups in total. The van der Waals surface area contributed by atoms with Crippen LogP contribution < -0.4 is 5.56 Å². The molecule has 0 bridgehead atoms. The molecule has 5 nitrogen and oxygen atoms in total. The Kier molecular flexibility index (Phi) is 5.54. The highest BCUT2D eigenvalue weighted by molar-refractivity contribution is 8.00. The topological polar surface area (TPSA) is 61.2 Å². The highest BCUT2D eigenvalue weighted by Crippen LogP contribution is 2.32. The largest absolute Gasteiger partial charge is 0.468 e. The van der Waals surface area contributed by atoms with E-state index in [1.807, 2.05) is 38.1 Å². The van der Waals surface area contributed by atoms with Crippen LogP contribution in [0.5, 0.6) is 0 Å². The number of rotatable bonds is 5. The van der Waals surface area contributed by atoms with E-state index in [-0.39, 0.29) is 16.8 Å². The number of benzene rings is 1. The molecule has 2 heterocycles. The number of esters is 1. The number of aromatic nitrogens is 2. The summed E-state index contributed by atoms with van der Waals surface area (Å²) in [7, 11) is 1.38. The van der Waals surface area contributed by atoms with Crippen molar-refractivity contribution >= 4 is 29.5 Å². The van der Waals surface area contributed by atoms with Crippen LogP contribution >= 0.6 is 23.5 Å². The zero-order chi connectivity index (χ0) is 18.0. The molecule has 7 heteroatoms. The van der Waals surface area contributed by atoms with Gasteiger partial charge in [0.2, 0.25) is 0 Å². The summed E-state index contributed by atoms with van der Waals surface area (Å²) in [6.07, 6.45) is 1.39.